The smallest absolute Gasteiger partial charge is 0.253 e. The summed E-state index contributed by atoms with van der Waals surface area (Å²) in [6, 6.07) is 7.06. The minimum Gasteiger partial charge on any atom is -0.497 e. The second-order valence-electron chi connectivity index (χ2n) is 7.65. The summed E-state index contributed by atoms with van der Waals surface area (Å²) in [7, 11) is -1.66. The average Bonchev–Trinajstić information content (AvgIpc) is 2.77. The monoisotopic (exact) mass is 380 g/mol. The highest BCUT2D eigenvalue weighted by molar-refractivity contribution is 7.90. The van der Waals surface area contributed by atoms with Crippen LogP contribution in [0, 0.1) is 11.8 Å². The second kappa shape index (κ2) is 7.56. The van der Waals surface area contributed by atoms with Gasteiger partial charge in [-0.05, 0) is 48.9 Å². The molecule has 6 nitrogen and oxygen atoms in total. The fraction of sp³-hybridized carbons (Fsp3) is 0.632. The molecule has 0 radical (unpaired) electrons. The van der Waals surface area contributed by atoms with E-state index in [1.54, 1.807) is 40.6 Å². The molecule has 0 bridgehead atoms. The number of benzene rings is 1. The van der Waals surface area contributed by atoms with E-state index in [4.69, 9.17) is 4.74 Å². The molecule has 7 heteroatoms. The van der Waals surface area contributed by atoms with Gasteiger partial charge in [-0.25, -0.2) is 12.7 Å². The van der Waals surface area contributed by atoms with Gasteiger partial charge >= 0.3 is 0 Å². The number of nitrogens with zero attached hydrogens (tertiary/aromatic N) is 2. The highest BCUT2D eigenvalue weighted by Gasteiger charge is 2.47. The molecule has 2 saturated heterocycles. The van der Waals surface area contributed by atoms with Crippen molar-refractivity contribution in [3.8, 4) is 5.75 Å². The SMILES string of the molecule is COc1ccc(C(=O)N2CC[C@@H]3CN(CC(C)C)S(=O)(=O)[C@@H]3CC2)cc1. The number of hydrogen-bond acceptors (Lipinski definition) is 4. The summed E-state index contributed by atoms with van der Waals surface area (Å²) in [5.74, 6) is 1.11. The van der Waals surface area contributed by atoms with Crippen molar-refractivity contribution < 1.29 is 17.9 Å². The Morgan fingerprint density at radius 3 is 2.46 bits per heavy atom. The molecule has 2 atom stereocenters. The minimum atomic E-state index is -3.25. The van der Waals surface area contributed by atoms with Gasteiger partial charge in [-0.3, -0.25) is 4.79 Å². The third-order valence-corrected chi connectivity index (χ3v) is 7.76. The van der Waals surface area contributed by atoms with E-state index in [-0.39, 0.29) is 17.1 Å². The number of methoxy groups -OCH3 is 1. The maximum atomic E-state index is 12.8. The van der Waals surface area contributed by atoms with Crippen LogP contribution in [-0.2, 0) is 10.0 Å². The topological polar surface area (TPSA) is 66.9 Å². The number of likely N-dealkylation sites (tertiary alicyclic amines) is 1. The highest BCUT2D eigenvalue weighted by Crippen LogP contribution is 2.35. The molecule has 3 rings (SSSR count). The number of sulfonamides is 1. The zero-order chi connectivity index (χ0) is 18.9. The Hall–Kier alpha value is -1.60. The van der Waals surface area contributed by atoms with Gasteiger partial charge in [0.25, 0.3) is 5.91 Å². The number of carbonyl (C=O) groups excluding carboxylic acids is 1. The van der Waals surface area contributed by atoms with E-state index in [9.17, 15) is 13.2 Å². The molecule has 0 spiro atoms. The number of amides is 1. The second-order valence-corrected chi connectivity index (χ2v) is 9.80. The number of hydrogen-bond donors (Lipinski definition) is 0. The van der Waals surface area contributed by atoms with Crippen LogP contribution in [0.2, 0.25) is 0 Å². The molecule has 2 heterocycles. The zero-order valence-corrected chi connectivity index (χ0v) is 16.5. The van der Waals surface area contributed by atoms with Gasteiger partial charge in [-0.15, -0.1) is 0 Å². The Morgan fingerprint density at radius 2 is 1.85 bits per heavy atom. The first kappa shape index (κ1) is 19.2. The van der Waals surface area contributed by atoms with Crippen LogP contribution >= 0.6 is 0 Å². The van der Waals surface area contributed by atoms with Crippen molar-refractivity contribution in [2.75, 3.05) is 33.3 Å². The van der Waals surface area contributed by atoms with E-state index in [0.717, 1.165) is 6.42 Å². The molecule has 1 amide bonds. The lowest BCUT2D eigenvalue weighted by molar-refractivity contribution is 0.0759. The van der Waals surface area contributed by atoms with E-state index in [1.165, 1.54) is 0 Å². The van der Waals surface area contributed by atoms with E-state index in [0.29, 0.717) is 49.8 Å². The molecule has 0 N–H and O–H groups in total. The maximum Gasteiger partial charge on any atom is 0.253 e. The summed E-state index contributed by atoms with van der Waals surface area (Å²) in [5.41, 5.74) is 0.613. The van der Waals surface area contributed by atoms with Gasteiger partial charge in [0.05, 0.1) is 12.4 Å². The lowest BCUT2D eigenvalue weighted by Gasteiger charge is -2.23. The molecule has 0 saturated carbocycles. The first-order valence-corrected chi connectivity index (χ1v) is 10.8. The maximum absolute atomic E-state index is 12.8. The first-order chi connectivity index (χ1) is 12.3. The van der Waals surface area contributed by atoms with Crippen LogP contribution in [0.3, 0.4) is 0 Å². The third-order valence-electron chi connectivity index (χ3n) is 5.35. The number of rotatable bonds is 4. The number of fused-ring (bicyclic) bond motifs is 1. The van der Waals surface area contributed by atoms with Crippen LogP contribution in [0.5, 0.6) is 5.75 Å². The van der Waals surface area contributed by atoms with Gasteiger partial charge in [0.1, 0.15) is 5.75 Å². The Balaban J connectivity index is 1.69. The standard InChI is InChI=1S/C19H28N2O4S/c1-14(2)12-21-13-16-8-10-20(11-9-18(16)26(21,23)24)19(22)15-4-6-17(25-3)7-5-15/h4-7,14,16,18H,8-13H2,1-3H3/t16-,18-/m1/s1. The number of carbonyl (C=O) groups is 1. The van der Waals surface area contributed by atoms with Crippen molar-refractivity contribution in [1.29, 1.82) is 0 Å². The van der Waals surface area contributed by atoms with Gasteiger partial charge in [-0.2, -0.15) is 0 Å². The predicted octanol–water partition coefficient (Wildman–Crippen LogP) is 2.22. The molecule has 0 unspecified atom stereocenters. The summed E-state index contributed by atoms with van der Waals surface area (Å²) >= 11 is 0. The Morgan fingerprint density at radius 1 is 1.19 bits per heavy atom. The van der Waals surface area contributed by atoms with Crippen LogP contribution in [0.1, 0.15) is 37.0 Å². The molecule has 1 aromatic carbocycles. The molecular formula is C19H28N2O4S. The third kappa shape index (κ3) is 3.74. The van der Waals surface area contributed by atoms with Gasteiger partial charge in [-0.1, -0.05) is 13.8 Å². The van der Waals surface area contributed by atoms with Crippen molar-refractivity contribution >= 4 is 15.9 Å². The van der Waals surface area contributed by atoms with E-state index in [2.05, 4.69) is 0 Å². The van der Waals surface area contributed by atoms with Crippen LogP contribution in [-0.4, -0.2) is 62.1 Å². The van der Waals surface area contributed by atoms with E-state index >= 15 is 0 Å². The molecule has 2 aliphatic rings. The van der Waals surface area contributed by atoms with Gasteiger partial charge in [0.15, 0.2) is 0 Å². The molecule has 1 aromatic rings. The largest absolute Gasteiger partial charge is 0.497 e. The lowest BCUT2D eigenvalue weighted by atomic mass is 10.0. The Labute approximate surface area is 156 Å². The average molecular weight is 381 g/mol. The van der Waals surface area contributed by atoms with Gasteiger partial charge in [0, 0.05) is 31.7 Å². The van der Waals surface area contributed by atoms with E-state index < -0.39 is 10.0 Å². The Bertz CT molecular complexity index is 745. The molecule has 2 fully saturated rings. The zero-order valence-electron chi connectivity index (χ0n) is 15.7. The Kier molecular flexibility index (Phi) is 5.58. The lowest BCUT2D eigenvalue weighted by Crippen LogP contribution is -2.35. The molecule has 26 heavy (non-hydrogen) atoms. The number of ether oxygens (including phenoxy) is 1. The molecular weight excluding hydrogens is 352 g/mol. The van der Waals surface area contributed by atoms with Crippen LogP contribution in [0.4, 0.5) is 0 Å². The van der Waals surface area contributed by atoms with Crippen LogP contribution < -0.4 is 4.74 Å². The molecule has 0 aromatic heterocycles. The highest BCUT2D eigenvalue weighted by atomic mass is 32.2. The van der Waals surface area contributed by atoms with Crippen LogP contribution in [0.15, 0.2) is 24.3 Å². The van der Waals surface area contributed by atoms with E-state index in [1.807, 2.05) is 13.8 Å². The first-order valence-electron chi connectivity index (χ1n) is 9.25. The fourth-order valence-corrected chi connectivity index (χ4v) is 6.40. The fourth-order valence-electron chi connectivity index (χ4n) is 4.00. The summed E-state index contributed by atoms with van der Waals surface area (Å²) in [4.78, 5) is 14.6. The van der Waals surface area contributed by atoms with Crippen molar-refractivity contribution in [2.24, 2.45) is 11.8 Å². The quantitative estimate of drug-likeness (QED) is 0.803. The van der Waals surface area contributed by atoms with Gasteiger partial charge < -0.3 is 9.64 Å². The predicted molar refractivity (Wildman–Crippen MR) is 101 cm³/mol. The summed E-state index contributed by atoms with van der Waals surface area (Å²) < 4.78 is 32.5. The van der Waals surface area contributed by atoms with Crippen molar-refractivity contribution in [2.45, 2.75) is 31.9 Å². The minimum absolute atomic E-state index is 0.0379. The van der Waals surface area contributed by atoms with Gasteiger partial charge in [0.2, 0.25) is 10.0 Å². The van der Waals surface area contributed by atoms with Crippen molar-refractivity contribution in [3.05, 3.63) is 29.8 Å². The molecule has 0 aliphatic carbocycles. The normalized spacial score (nSPS) is 25.8. The molecule has 2 aliphatic heterocycles. The van der Waals surface area contributed by atoms with Crippen molar-refractivity contribution in [1.82, 2.24) is 9.21 Å². The summed E-state index contributed by atoms with van der Waals surface area (Å²) in [6.45, 7) is 6.36. The molecule has 144 valence electrons. The van der Waals surface area contributed by atoms with Crippen LogP contribution in [0.25, 0.3) is 0 Å². The summed E-state index contributed by atoms with van der Waals surface area (Å²) in [6.07, 6.45) is 1.25. The van der Waals surface area contributed by atoms with Crippen molar-refractivity contribution in [3.63, 3.8) is 0 Å². The summed E-state index contributed by atoms with van der Waals surface area (Å²) in [5, 5.41) is -0.352.